The predicted molar refractivity (Wildman–Crippen MR) is 80.5 cm³/mol. The Bertz CT molecular complexity index is 873. The third-order valence-corrected chi connectivity index (χ3v) is 3.92. The Morgan fingerprint density at radius 1 is 0.857 bits per heavy atom. The third-order valence-electron chi connectivity index (χ3n) is 3.92. The first-order valence-corrected chi connectivity index (χ1v) is 6.70. The highest BCUT2D eigenvalue weighted by atomic mass is 16.2. The quantitative estimate of drug-likeness (QED) is 0.641. The number of benzene rings is 2. The molecule has 0 spiro atoms. The molecular weight excluding hydrogens is 264 g/mol. The lowest BCUT2D eigenvalue weighted by molar-refractivity contribution is 0.0926. The predicted octanol–water partition coefficient (Wildman–Crippen LogP) is 2.98. The van der Waals surface area contributed by atoms with Crippen LogP contribution in [-0.2, 0) is 7.05 Å². The Balaban J connectivity index is 1.88. The zero-order valence-corrected chi connectivity index (χ0v) is 11.4. The Kier molecular flexibility index (Phi) is 2.30. The topological polar surface area (TPSA) is 42.3 Å². The normalized spacial score (nSPS) is 14.0. The molecule has 2 heterocycles. The molecule has 0 radical (unpaired) electrons. The SMILES string of the molecule is Cn1ccc2ccc(N3C(=O)c4ccccc4C3=O)cc21. The van der Waals surface area contributed by atoms with Gasteiger partial charge in [0.1, 0.15) is 0 Å². The molecule has 21 heavy (non-hydrogen) atoms. The molecule has 0 fully saturated rings. The lowest BCUT2D eigenvalue weighted by Crippen LogP contribution is -2.29. The first-order chi connectivity index (χ1) is 10.2. The van der Waals surface area contributed by atoms with Crippen molar-refractivity contribution in [2.45, 2.75) is 0 Å². The average Bonchev–Trinajstić information content (AvgIpc) is 2.99. The van der Waals surface area contributed by atoms with Crippen molar-refractivity contribution in [1.29, 1.82) is 0 Å². The van der Waals surface area contributed by atoms with Gasteiger partial charge in [0.05, 0.1) is 16.8 Å². The summed E-state index contributed by atoms with van der Waals surface area (Å²) in [5.74, 6) is -0.520. The fourth-order valence-corrected chi connectivity index (χ4v) is 2.81. The lowest BCUT2D eigenvalue weighted by Gasteiger charge is -2.14. The van der Waals surface area contributed by atoms with E-state index < -0.39 is 0 Å². The van der Waals surface area contributed by atoms with Gasteiger partial charge in [-0.25, -0.2) is 4.90 Å². The van der Waals surface area contributed by atoms with Crippen LogP contribution >= 0.6 is 0 Å². The van der Waals surface area contributed by atoms with Gasteiger partial charge in [-0.2, -0.15) is 0 Å². The first kappa shape index (κ1) is 11.9. The van der Waals surface area contributed by atoms with Gasteiger partial charge in [-0.15, -0.1) is 0 Å². The monoisotopic (exact) mass is 276 g/mol. The van der Waals surface area contributed by atoms with E-state index in [-0.39, 0.29) is 11.8 Å². The summed E-state index contributed by atoms with van der Waals surface area (Å²) in [5.41, 5.74) is 2.53. The number of fused-ring (bicyclic) bond motifs is 2. The number of amides is 2. The maximum absolute atomic E-state index is 12.5. The van der Waals surface area contributed by atoms with E-state index in [9.17, 15) is 9.59 Å². The van der Waals surface area contributed by atoms with Gasteiger partial charge in [0.15, 0.2) is 0 Å². The van der Waals surface area contributed by atoms with Gasteiger partial charge in [0.2, 0.25) is 0 Å². The molecule has 1 aromatic heterocycles. The number of carbonyl (C=O) groups excluding carboxylic acids is 2. The van der Waals surface area contributed by atoms with Crippen LogP contribution in [0.5, 0.6) is 0 Å². The second-order valence-corrected chi connectivity index (χ2v) is 5.16. The van der Waals surface area contributed by atoms with Crippen LogP contribution in [0, 0.1) is 0 Å². The maximum atomic E-state index is 12.5. The molecule has 1 aliphatic heterocycles. The first-order valence-electron chi connectivity index (χ1n) is 6.70. The summed E-state index contributed by atoms with van der Waals surface area (Å²) in [7, 11) is 1.94. The minimum Gasteiger partial charge on any atom is -0.350 e. The summed E-state index contributed by atoms with van der Waals surface area (Å²) in [6.07, 6.45) is 1.96. The zero-order valence-electron chi connectivity index (χ0n) is 11.4. The standard InChI is InChI=1S/C17H12N2O2/c1-18-9-8-11-6-7-12(10-15(11)18)19-16(20)13-4-2-3-5-14(13)17(19)21/h2-10H,1H3. The highest BCUT2D eigenvalue weighted by Gasteiger charge is 2.36. The van der Waals surface area contributed by atoms with Crippen LogP contribution in [0.1, 0.15) is 20.7 Å². The van der Waals surface area contributed by atoms with Crippen molar-refractivity contribution in [3.05, 3.63) is 65.9 Å². The number of nitrogens with zero attached hydrogens (tertiary/aromatic N) is 2. The minimum atomic E-state index is -0.260. The molecule has 0 atom stereocenters. The summed E-state index contributed by atoms with van der Waals surface area (Å²) in [5, 5.41) is 1.08. The second kappa shape index (κ2) is 4.06. The van der Waals surface area contributed by atoms with Crippen molar-refractivity contribution in [3.63, 3.8) is 0 Å². The third kappa shape index (κ3) is 1.56. The number of imide groups is 1. The summed E-state index contributed by atoms with van der Waals surface area (Å²) < 4.78 is 1.97. The average molecular weight is 276 g/mol. The molecule has 4 nitrogen and oxygen atoms in total. The largest absolute Gasteiger partial charge is 0.350 e. The van der Waals surface area contributed by atoms with Gasteiger partial charge in [-0.05, 0) is 35.7 Å². The van der Waals surface area contributed by atoms with Crippen molar-refractivity contribution in [3.8, 4) is 0 Å². The molecule has 0 N–H and O–H groups in total. The number of rotatable bonds is 1. The minimum absolute atomic E-state index is 0.260. The number of aromatic nitrogens is 1. The molecule has 3 aromatic rings. The van der Waals surface area contributed by atoms with Gasteiger partial charge in [-0.1, -0.05) is 18.2 Å². The summed E-state index contributed by atoms with van der Waals surface area (Å²) in [6.45, 7) is 0. The Hall–Kier alpha value is -2.88. The molecule has 2 amide bonds. The number of anilines is 1. The number of hydrogen-bond acceptors (Lipinski definition) is 2. The highest BCUT2D eigenvalue weighted by Crippen LogP contribution is 2.30. The van der Waals surface area contributed by atoms with Crippen molar-refractivity contribution >= 4 is 28.4 Å². The summed E-state index contributed by atoms with van der Waals surface area (Å²) >= 11 is 0. The second-order valence-electron chi connectivity index (χ2n) is 5.16. The molecule has 102 valence electrons. The fraction of sp³-hybridized carbons (Fsp3) is 0.0588. The van der Waals surface area contributed by atoms with Gasteiger partial charge in [0.25, 0.3) is 11.8 Å². The van der Waals surface area contributed by atoms with E-state index in [2.05, 4.69) is 0 Å². The van der Waals surface area contributed by atoms with Crippen LogP contribution in [0.25, 0.3) is 10.9 Å². The van der Waals surface area contributed by atoms with E-state index >= 15 is 0 Å². The molecule has 2 aromatic carbocycles. The smallest absolute Gasteiger partial charge is 0.266 e. The van der Waals surface area contributed by atoms with E-state index in [1.54, 1.807) is 24.3 Å². The zero-order chi connectivity index (χ0) is 14.6. The summed E-state index contributed by atoms with van der Waals surface area (Å²) in [4.78, 5) is 26.2. The highest BCUT2D eigenvalue weighted by molar-refractivity contribution is 6.34. The van der Waals surface area contributed by atoms with Gasteiger partial charge < -0.3 is 4.57 Å². The molecule has 0 bridgehead atoms. The van der Waals surface area contributed by atoms with Crippen LogP contribution in [0.4, 0.5) is 5.69 Å². The van der Waals surface area contributed by atoms with Crippen LogP contribution in [0.2, 0.25) is 0 Å². The van der Waals surface area contributed by atoms with E-state index in [0.717, 1.165) is 10.9 Å². The van der Waals surface area contributed by atoms with E-state index in [0.29, 0.717) is 16.8 Å². The lowest BCUT2D eigenvalue weighted by atomic mass is 10.1. The maximum Gasteiger partial charge on any atom is 0.266 e. The van der Waals surface area contributed by atoms with Crippen LogP contribution in [0.3, 0.4) is 0 Å². The molecule has 0 saturated heterocycles. The van der Waals surface area contributed by atoms with Gasteiger partial charge in [-0.3, -0.25) is 9.59 Å². The van der Waals surface area contributed by atoms with E-state index in [1.807, 2.05) is 42.1 Å². The fourth-order valence-electron chi connectivity index (χ4n) is 2.81. The van der Waals surface area contributed by atoms with E-state index in [1.165, 1.54) is 4.90 Å². The summed E-state index contributed by atoms with van der Waals surface area (Å²) in [6, 6.07) is 14.5. The van der Waals surface area contributed by atoms with Crippen molar-refractivity contribution in [1.82, 2.24) is 4.57 Å². The van der Waals surface area contributed by atoms with Crippen LogP contribution in [-0.4, -0.2) is 16.4 Å². The number of carbonyl (C=O) groups is 2. The van der Waals surface area contributed by atoms with Crippen LogP contribution < -0.4 is 4.90 Å². The molecule has 1 aliphatic rings. The Morgan fingerprint density at radius 3 is 2.19 bits per heavy atom. The van der Waals surface area contributed by atoms with Crippen molar-refractivity contribution in [2.75, 3.05) is 4.90 Å². The molecular formula is C17H12N2O2. The molecule has 0 saturated carbocycles. The van der Waals surface area contributed by atoms with Crippen molar-refractivity contribution < 1.29 is 9.59 Å². The van der Waals surface area contributed by atoms with Gasteiger partial charge in [0, 0.05) is 18.8 Å². The molecule has 4 rings (SSSR count). The molecule has 0 unspecified atom stereocenters. The molecule has 4 heteroatoms. The van der Waals surface area contributed by atoms with Crippen molar-refractivity contribution in [2.24, 2.45) is 7.05 Å². The van der Waals surface area contributed by atoms with E-state index in [4.69, 9.17) is 0 Å². The number of aryl methyl sites for hydroxylation is 1. The molecule has 0 aliphatic carbocycles. The Morgan fingerprint density at radius 2 is 1.52 bits per heavy atom. The van der Waals surface area contributed by atoms with Gasteiger partial charge >= 0.3 is 0 Å². The van der Waals surface area contributed by atoms with Crippen LogP contribution in [0.15, 0.2) is 54.7 Å². The Labute approximate surface area is 121 Å². The number of hydrogen-bond donors (Lipinski definition) is 0.